The molecule has 0 spiro atoms. The molecule has 10 nitrogen and oxygen atoms in total. The molecule has 0 bridgehead atoms. The smallest absolute Gasteiger partial charge is 0.305 e. The number of carboxylic acids is 1. The van der Waals surface area contributed by atoms with E-state index >= 15 is 0 Å². The average Bonchev–Trinajstić information content (AvgIpc) is 2.83. The van der Waals surface area contributed by atoms with E-state index in [4.69, 9.17) is 23.2 Å². The number of hydrogen-bond acceptors (Lipinski definition) is 8. The monoisotopic (exact) mass is 517 g/mol. The third-order valence-corrected chi connectivity index (χ3v) is 6.24. The number of carbonyl (C=O) groups excluding carboxylic acids is 1. The number of nitrogens with one attached hydrogen (secondary N) is 3. The normalized spacial score (nSPS) is 14.5. The molecule has 0 saturated carbocycles. The molecular formula is C23H21Cl2N5O5. The molecule has 1 saturated heterocycles. The molecule has 182 valence electrons. The van der Waals surface area contributed by atoms with Crippen molar-refractivity contribution >= 4 is 52.1 Å². The summed E-state index contributed by atoms with van der Waals surface area (Å²) in [4.78, 5) is 54.3. The van der Waals surface area contributed by atoms with Crippen molar-refractivity contribution in [2.75, 3.05) is 41.7 Å². The van der Waals surface area contributed by atoms with Gasteiger partial charge >= 0.3 is 5.97 Å². The quantitative estimate of drug-likeness (QED) is 0.331. The average molecular weight is 518 g/mol. The van der Waals surface area contributed by atoms with Gasteiger partial charge in [0.1, 0.15) is 11.4 Å². The second-order valence-corrected chi connectivity index (χ2v) is 8.78. The summed E-state index contributed by atoms with van der Waals surface area (Å²) < 4.78 is 0. The Hall–Kier alpha value is -3.47. The van der Waals surface area contributed by atoms with E-state index in [1.54, 1.807) is 24.3 Å². The summed E-state index contributed by atoms with van der Waals surface area (Å²) in [5, 5.41) is 18.5. The lowest BCUT2D eigenvalue weighted by molar-refractivity contribution is -0.137. The summed E-state index contributed by atoms with van der Waals surface area (Å²) in [7, 11) is 0. The number of carboxylic acid groups (broad SMARTS) is 1. The number of nitrogens with zero attached hydrogens (tertiary/aromatic N) is 2. The molecule has 3 aromatic rings. The number of aliphatic carboxylic acids is 1. The molecule has 4 N–H and O–H groups in total. The second kappa shape index (κ2) is 10.4. The van der Waals surface area contributed by atoms with Crippen LogP contribution >= 0.6 is 23.2 Å². The number of hydrogen-bond donors (Lipinski definition) is 4. The zero-order chi connectivity index (χ0) is 25.1. The van der Waals surface area contributed by atoms with E-state index in [-0.39, 0.29) is 27.7 Å². The Balaban J connectivity index is 1.54. The minimum absolute atomic E-state index is 0.0818. The number of carbonyl (C=O) groups is 2. The maximum absolute atomic E-state index is 12.6. The zero-order valence-electron chi connectivity index (χ0n) is 18.3. The van der Waals surface area contributed by atoms with Gasteiger partial charge in [0.15, 0.2) is 0 Å². The Bertz CT molecular complexity index is 1310. The second-order valence-electron chi connectivity index (χ2n) is 7.97. The van der Waals surface area contributed by atoms with Gasteiger partial charge in [0.05, 0.1) is 28.1 Å². The molecule has 1 unspecified atom stereocenters. The fraction of sp³-hybridized carbons (Fsp3) is 0.261. The van der Waals surface area contributed by atoms with Crippen LogP contribution in [0.15, 0.2) is 46.2 Å². The lowest BCUT2D eigenvalue weighted by Crippen LogP contribution is -2.50. The van der Waals surface area contributed by atoms with Crippen molar-refractivity contribution < 1.29 is 14.7 Å². The fourth-order valence-electron chi connectivity index (χ4n) is 3.93. The first-order valence-electron chi connectivity index (χ1n) is 10.7. The fourth-order valence-corrected chi connectivity index (χ4v) is 4.46. The van der Waals surface area contributed by atoms with E-state index in [0.29, 0.717) is 43.1 Å². The van der Waals surface area contributed by atoms with Crippen LogP contribution in [0.4, 0.5) is 17.1 Å². The summed E-state index contributed by atoms with van der Waals surface area (Å²) in [6.07, 6.45) is 2.29. The predicted octanol–water partition coefficient (Wildman–Crippen LogP) is 2.27. The molecule has 4 rings (SSSR count). The maximum Gasteiger partial charge on any atom is 0.305 e. The van der Waals surface area contributed by atoms with E-state index < -0.39 is 28.8 Å². The van der Waals surface area contributed by atoms with E-state index in [1.807, 2.05) is 4.90 Å². The van der Waals surface area contributed by atoms with E-state index in [2.05, 4.69) is 20.9 Å². The standard InChI is InChI=1S/C23H21Cl2N5O5/c24-14-10-27-11-15(25)18(14)23(35)28-13-3-1-12(2-4-13)16(9-17(31)32)29-19-20(22(34)21(19)33)30-7-5-26-6-8-30/h1-4,10-11,16,26,29H,5-9H2,(H,28,35)(H,31,32). The molecule has 1 amide bonds. The van der Waals surface area contributed by atoms with Gasteiger partial charge in [0, 0.05) is 44.3 Å². The number of pyridine rings is 1. The molecule has 1 atom stereocenters. The van der Waals surface area contributed by atoms with Gasteiger partial charge in [-0.25, -0.2) is 0 Å². The highest BCUT2D eigenvalue weighted by Crippen LogP contribution is 2.29. The van der Waals surface area contributed by atoms with Gasteiger partial charge in [0.2, 0.25) is 0 Å². The molecule has 1 aromatic heterocycles. The SMILES string of the molecule is O=C(O)CC(Nc1c(N2CCNCC2)c(=O)c1=O)c1ccc(NC(=O)c2c(Cl)cncc2Cl)cc1. The Morgan fingerprint density at radius 1 is 1.06 bits per heavy atom. The summed E-state index contributed by atoms with van der Waals surface area (Å²) >= 11 is 12.1. The van der Waals surface area contributed by atoms with Gasteiger partial charge in [-0.3, -0.25) is 24.2 Å². The van der Waals surface area contributed by atoms with Crippen molar-refractivity contribution in [3.05, 3.63) is 78.3 Å². The van der Waals surface area contributed by atoms with Crippen molar-refractivity contribution in [3.8, 4) is 0 Å². The van der Waals surface area contributed by atoms with E-state index in [1.165, 1.54) is 12.4 Å². The van der Waals surface area contributed by atoms with Crippen LogP contribution in [-0.4, -0.2) is 48.1 Å². The minimum atomic E-state index is -1.08. The Labute approximate surface area is 209 Å². The predicted molar refractivity (Wildman–Crippen MR) is 134 cm³/mol. The zero-order valence-corrected chi connectivity index (χ0v) is 19.8. The number of aromatic nitrogens is 1. The van der Waals surface area contributed by atoms with Crippen LogP contribution in [0.5, 0.6) is 0 Å². The third kappa shape index (κ3) is 5.29. The summed E-state index contributed by atoms with van der Waals surface area (Å²) in [6, 6.07) is 5.66. The van der Waals surface area contributed by atoms with Crippen molar-refractivity contribution in [2.45, 2.75) is 12.5 Å². The third-order valence-electron chi connectivity index (χ3n) is 5.67. The number of anilines is 3. The van der Waals surface area contributed by atoms with Crippen LogP contribution in [0, 0.1) is 0 Å². The van der Waals surface area contributed by atoms with Crippen molar-refractivity contribution in [2.24, 2.45) is 0 Å². The van der Waals surface area contributed by atoms with Gasteiger partial charge < -0.3 is 26.0 Å². The van der Waals surface area contributed by atoms with Crippen LogP contribution in [0.25, 0.3) is 0 Å². The number of amides is 1. The number of benzene rings is 1. The van der Waals surface area contributed by atoms with Gasteiger partial charge in [-0.1, -0.05) is 35.3 Å². The summed E-state index contributed by atoms with van der Waals surface area (Å²) in [6.45, 7) is 2.51. The molecule has 1 aliphatic rings. The molecule has 0 radical (unpaired) electrons. The van der Waals surface area contributed by atoms with Gasteiger partial charge in [-0.15, -0.1) is 0 Å². The maximum atomic E-state index is 12.6. The van der Waals surface area contributed by atoms with Gasteiger partial charge in [-0.05, 0) is 17.7 Å². The molecular weight excluding hydrogens is 497 g/mol. The van der Waals surface area contributed by atoms with Crippen molar-refractivity contribution in [1.29, 1.82) is 0 Å². The Kier molecular flexibility index (Phi) is 7.34. The highest BCUT2D eigenvalue weighted by molar-refractivity contribution is 6.40. The van der Waals surface area contributed by atoms with E-state index in [0.717, 1.165) is 0 Å². The minimum Gasteiger partial charge on any atom is -0.481 e. The highest BCUT2D eigenvalue weighted by Gasteiger charge is 2.29. The summed E-state index contributed by atoms with van der Waals surface area (Å²) in [5.41, 5.74) is 0.249. The molecule has 1 aliphatic heterocycles. The highest BCUT2D eigenvalue weighted by atomic mass is 35.5. The summed E-state index contributed by atoms with van der Waals surface area (Å²) in [5.74, 6) is -1.61. The first-order chi connectivity index (χ1) is 16.8. The van der Waals surface area contributed by atoms with Gasteiger partial charge in [-0.2, -0.15) is 0 Å². The molecule has 0 aliphatic carbocycles. The molecule has 1 fully saturated rings. The molecule has 2 aromatic carbocycles. The van der Waals surface area contributed by atoms with Crippen LogP contribution in [-0.2, 0) is 4.79 Å². The van der Waals surface area contributed by atoms with Crippen LogP contribution in [0.1, 0.15) is 28.4 Å². The molecule has 12 heteroatoms. The topological polar surface area (TPSA) is 141 Å². The van der Waals surface area contributed by atoms with Crippen molar-refractivity contribution in [1.82, 2.24) is 10.3 Å². The molecule has 35 heavy (non-hydrogen) atoms. The van der Waals surface area contributed by atoms with Crippen molar-refractivity contribution in [3.63, 3.8) is 0 Å². The lowest BCUT2D eigenvalue weighted by atomic mass is 10.0. The van der Waals surface area contributed by atoms with Crippen LogP contribution in [0.3, 0.4) is 0 Å². The van der Waals surface area contributed by atoms with Crippen LogP contribution in [0.2, 0.25) is 10.0 Å². The lowest BCUT2D eigenvalue weighted by Gasteiger charge is -2.32. The Morgan fingerprint density at radius 2 is 1.69 bits per heavy atom. The number of rotatable bonds is 8. The largest absolute Gasteiger partial charge is 0.481 e. The number of halogens is 2. The number of piperazine rings is 1. The Morgan fingerprint density at radius 3 is 2.29 bits per heavy atom. The first kappa shape index (κ1) is 24.6. The molecule has 2 heterocycles. The first-order valence-corrected chi connectivity index (χ1v) is 11.5. The van der Waals surface area contributed by atoms with Gasteiger partial charge in [0.25, 0.3) is 16.8 Å². The van der Waals surface area contributed by atoms with Crippen LogP contribution < -0.4 is 31.7 Å². The van der Waals surface area contributed by atoms with E-state index in [9.17, 15) is 24.3 Å².